The molecule has 140 valence electrons. The topological polar surface area (TPSA) is 57.9 Å². The fraction of sp³-hybridized carbons (Fsp3) is 0.227. The third-order valence-electron chi connectivity index (χ3n) is 4.39. The molecular weight excluding hydrogens is 344 g/mol. The van der Waals surface area contributed by atoms with Crippen LogP contribution in [0.3, 0.4) is 0 Å². The van der Waals surface area contributed by atoms with E-state index in [0.717, 1.165) is 28.5 Å². The van der Waals surface area contributed by atoms with Gasteiger partial charge in [0, 0.05) is 10.9 Å². The van der Waals surface area contributed by atoms with Gasteiger partial charge in [-0.25, -0.2) is 0 Å². The number of hydrogen-bond donors (Lipinski definition) is 0. The maximum absolute atomic E-state index is 12.7. The van der Waals surface area contributed by atoms with Crippen molar-refractivity contribution in [3.05, 3.63) is 59.4 Å². The van der Waals surface area contributed by atoms with Crippen molar-refractivity contribution in [2.75, 3.05) is 21.3 Å². The molecule has 0 unspecified atom stereocenters. The molecule has 0 N–H and O–H groups in total. The number of benzene rings is 2. The zero-order chi connectivity index (χ0) is 19.4. The Labute approximate surface area is 158 Å². The van der Waals surface area contributed by atoms with Gasteiger partial charge in [0.15, 0.2) is 17.3 Å². The van der Waals surface area contributed by atoms with Crippen LogP contribution < -0.4 is 14.2 Å². The molecule has 0 aliphatic heterocycles. The van der Waals surface area contributed by atoms with Gasteiger partial charge in [-0.3, -0.25) is 4.79 Å². The molecule has 0 saturated heterocycles. The average molecular weight is 366 g/mol. The third kappa shape index (κ3) is 3.53. The minimum absolute atomic E-state index is 0.184. The number of para-hydroxylation sites is 1. The number of ketones is 1. The minimum Gasteiger partial charge on any atom is -0.493 e. The summed E-state index contributed by atoms with van der Waals surface area (Å²) in [5.41, 5.74) is 2.40. The van der Waals surface area contributed by atoms with Crippen LogP contribution in [0.25, 0.3) is 17.0 Å². The van der Waals surface area contributed by atoms with E-state index in [4.69, 9.17) is 18.6 Å². The third-order valence-corrected chi connectivity index (χ3v) is 4.39. The van der Waals surface area contributed by atoms with Crippen LogP contribution in [0.1, 0.15) is 28.6 Å². The zero-order valence-corrected chi connectivity index (χ0v) is 15.9. The molecule has 27 heavy (non-hydrogen) atoms. The van der Waals surface area contributed by atoms with Crippen molar-refractivity contribution >= 4 is 22.8 Å². The number of furan rings is 1. The summed E-state index contributed by atoms with van der Waals surface area (Å²) in [6, 6.07) is 11.2. The Morgan fingerprint density at radius 2 is 1.70 bits per heavy atom. The number of aryl methyl sites for hydroxylation is 1. The molecule has 0 aliphatic carbocycles. The number of fused-ring (bicyclic) bond motifs is 1. The van der Waals surface area contributed by atoms with E-state index in [1.807, 2.05) is 31.2 Å². The Balaban J connectivity index is 1.96. The van der Waals surface area contributed by atoms with E-state index in [2.05, 4.69) is 0 Å². The lowest BCUT2D eigenvalue weighted by atomic mass is 10.1. The van der Waals surface area contributed by atoms with Gasteiger partial charge < -0.3 is 18.6 Å². The number of methoxy groups -OCH3 is 3. The second-order valence-electron chi connectivity index (χ2n) is 5.92. The van der Waals surface area contributed by atoms with Crippen LogP contribution in [-0.2, 0) is 6.42 Å². The standard InChI is InChI=1S/C22H22O5/c1-5-15-16-8-6-7-9-18(16)27-21(15)17(23)11-10-14-12-19(24-2)22(26-4)20(13-14)25-3/h6-13H,5H2,1-4H3. The maximum Gasteiger partial charge on any atom is 0.221 e. The summed E-state index contributed by atoms with van der Waals surface area (Å²) in [6.07, 6.45) is 3.92. The maximum atomic E-state index is 12.7. The van der Waals surface area contributed by atoms with Crippen molar-refractivity contribution in [2.45, 2.75) is 13.3 Å². The second-order valence-corrected chi connectivity index (χ2v) is 5.92. The van der Waals surface area contributed by atoms with Crippen LogP contribution in [0.5, 0.6) is 17.2 Å². The van der Waals surface area contributed by atoms with Gasteiger partial charge in [0.05, 0.1) is 21.3 Å². The summed E-state index contributed by atoms with van der Waals surface area (Å²) < 4.78 is 21.8. The lowest BCUT2D eigenvalue weighted by Gasteiger charge is -2.12. The van der Waals surface area contributed by atoms with E-state index in [9.17, 15) is 4.79 Å². The van der Waals surface area contributed by atoms with Crippen molar-refractivity contribution in [3.63, 3.8) is 0 Å². The Kier molecular flexibility index (Phi) is 5.50. The lowest BCUT2D eigenvalue weighted by Crippen LogP contribution is -1.97. The Hall–Kier alpha value is -3.21. The number of allylic oxidation sites excluding steroid dienone is 1. The van der Waals surface area contributed by atoms with E-state index in [0.29, 0.717) is 23.0 Å². The summed E-state index contributed by atoms with van der Waals surface area (Å²) >= 11 is 0. The van der Waals surface area contributed by atoms with Crippen molar-refractivity contribution in [1.29, 1.82) is 0 Å². The highest BCUT2D eigenvalue weighted by atomic mass is 16.5. The first-order chi connectivity index (χ1) is 13.1. The molecule has 5 heteroatoms. The normalized spacial score (nSPS) is 11.1. The van der Waals surface area contributed by atoms with E-state index in [1.54, 1.807) is 39.5 Å². The molecule has 0 atom stereocenters. The first-order valence-electron chi connectivity index (χ1n) is 8.65. The van der Waals surface area contributed by atoms with Crippen LogP contribution in [-0.4, -0.2) is 27.1 Å². The summed E-state index contributed by atoms with van der Waals surface area (Å²) in [4.78, 5) is 12.7. The van der Waals surface area contributed by atoms with E-state index < -0.39 is 0 Å². The first kappa shape index (κ1) is 18.6. The van der Waals surface area contributed by atoms with Gasteiger partial charge in [0.1, 0.15) is 5.58 Å². The molecule has 0 spiro atoms. The molecule has 3 rings (SSSR count). The molecule has 0 fully saturated rings. The summed E-state index contributed by atoms with van der Waals surface area (Å²) in [5, 5.41) is 0.976. The molecule has 0 bridgehead atoms. The predicted molar refractivity (Wildman–Crippen MR) is 105 cm³/mol. The number of rotatable bonds is 7. The molecule has 0 aliphatic rings. The summed E-state index contributed by atoms with van der Waals surface area (Å²) in [6.45, 7) is 2.01. The van der Waals surface area contributed by atoms with E-state index in [1.165, 1.54) is 6.08 Å². The van der Waals surface area contributed by atoms with Crippen LogP contribution in [0.4, 0.5) is 0 Å². The van der Waals surface area contributed by atoms with Crippen LogP contribution in [0, 0.1) is 0 Å². The molecule has 3 aromatic rings. The van der Waals surface area contributed by atoms with Gasteiger partial charge in [-0.15, -0.1) is 0 Å². The lowest BCUT2D eigenvalue weighted by molar-refractivity contribution is 0.102. The minimum atomic E-state index is -0.184. The van der Waals surface area contributed by atoms with Crippen molar-refractivity contribution < 1.29 is 23.4 Å². The Morgan fingerprint density at radius 1 is 1.04 bits per heavy atom. The molecule has 1 aromatic heterocycles. The molecule has 0 saturated carbocycles. The molecular formula is C22H22O5. The predicted octanol–water partition coefficient (Wildman–Crippen LogP) is 4.92. The summed E-state index contributed by atoms with van der Waals surface area (Å²) in [5.74, 6) is 1.76. The van der Waals surface area contributed by atoms with Crippen molar-refractivity contribution in [2.24, 2.45) is 0 Å². The Morgan fingerprint density at radius 3 is 2.30 bits per heavy atom. The largest absolute Gasteiger partial charge is 0.493 e. The van der Waals surface area contributed by atoms with Gasteiger partial charge in [-0.1, -0.05) is 31.2 Å². The van der Waals surface area contributed by atoms with Gasteiger partial charge >= 0.3 is 0 Å². The van der Waals surface area contributed by atoms with Crippen LogP contribution in [0.2, 0.25) is 0 Å². The van der Waals surface area contributed by atoms with Crippen LogP contribution in [0.15, 0.2) is 46.9 Å². The van der Waals surface area contributed by atoms with E-state index in [-0.39, 0.29) is 5.78 Å². The van der Waals surface area contributed by atoms with Gasteiger partial charge in [0.2, 0.25) is 11.5 Å². The molecule has 1 heterocycles. The Bertz CT molecular complexity index is 972. The summed E-state index contributed by atoms with van der Waals surface area (Å²) in [7, 11) is 4.66. The van der Waals surface area contributed by atoms with Crippen molar-refractivity contribution in [1.82, 2.24) is 0 Å². The highest BCUT2D eigenvalue weighted by molar-refractivity contribution is 6.08. The fourth-order valence-corrected chi connectivity index (χ4v) is 3.09. The fourth-order valence-electron chi connectivity index (χ4n) is 3.09. The van der Waals surface area contributed by atoms with Crippen LogP contribution >= 0.6 is 0 Å². The molecule has 5 nitrogen and oxygen atoms in total. The zero-order valence-electron chi connectivity index (χ0n) is 15.9. The molecule has 2 aromatic carbocycles. The quantitative estimate of drug-likeness (QED) is 0.439. The van der Waals surface area contributed by atoms with Crippen molar-refractivity contribution in [3.8, 4) is 17.2 Å². The number of ether oxygens (including phenoxy) is 3. The number of hydrogen-bond acceptors (Lipinski definition) is 5. The average Bonchev–Trinajstić information content (AvgIpc) is 3.09. The van der Waals surface area contributed by atoms with Gasteiger partial charge in [0.25, 0.3) is 0 Å². The first-order valence-corrected chi connectivity index (χ1v) is 8.65. The molecule has 0 radical (unpaired) electrons. The molecule has 0 amide bonds. The van der Waals surface area contributed by atoms with Gasteiger partial charge in [-0.2, -0.15) is 0 Å². The second kappa shape index (κ2) is 7.99. The number of carbonyl (C=O) groups excluding carboxylic acids is 1. The highest BCUT2D eigenvalue weighted by Gasteiger charge is 2.17. The van der Waals surface area contributed by atoms with Gasteiger partial charge in [-0.05, 0) is 36.3 Å². The number of carbonyl (C=O) groups is 1. The SMILES string of the molecule is CCc1c(C(=O)C=Cc2cc(OC)c(OC)c(OC)c2)oc2ccccc12. The highest BCUT2D eigenvalue weighted by Crippen LogP contribution is 2.38. The van der Waals surface area contributed by atoms with E-state index >= 15 is 0 Å². The smallest absolute Gasteiger partial charge is 0.221 e. The monoisotopic (exact) mass is 366 g/mol.